The summed E-state index contributed by atoms with van der Waals surface area (Å²) in [5, 5.41) is 0. The third kappa shape index (κ3) is 6.62. The summed E-state index contributed by atoms with van der Waals surface area (Å²) in [6, 6.07) is 0. The SMILES string of the molecule is CCCCC(F)S(=O)(=O)OS(=O)(=O)C(F)CCCC. The van der Waals surface area contributed by atoms with E-state index in [2.05, 4.69) is 3.63 Å². The Morgan fingerprint density at radius 2 is 1.16 bits per heavy atom. The van der Waals surface area contributed by atoms with Crippen molar-refractivity contribution in [2.24, 2.45) is 0 Å². The maximum atomic E-state index is 13.3. The van der Waals surface area contributed by atoms with Gasteiger partial charge in [0.15, 0.2) is 0 Å². The molecule has 0 heterocycles. The van der Waals surface area contributed by atoms with Crippen molar-refractivity contribution in [3.05, 3.63) is 0 Å². The number of alkyl halides is 2. The van der Waals surface area contributed by atoms with E-state index in [1.165, 1.54) is 0 Å². The van der Waals surface area contributed by atoms with E-state index in [4.69, 9.17) is 0 Å². The number of unbranched alkanes of at least 4 members (excludes halogenated alkanes) is 2. The summed E-state index contributed by atoms with van der Waals surface area (Å²) < 4.78 is 75.5. The van der Waals surface area contributed by atoms with Crippen LogP contribution < -0.4 is 0 Å². The van der Waals surface area contributed by atoms with Gasteiger partial charge in [0.25, 0.3) is 0 Å². The molecule has 0 fully saturated rings. The quantitative estimate of drug-likeness (QED) is 0.618. The zero-order valence-electron chi connectivity index (χ0n) is 11.0. The summed E-state index contributed by atoms with van der Waals surface area (Å²) in [6.45, 7) is 3.44. The molecule has 0 aliphatic heterocycles. The van der Waals surface area contributed by atoms with Crippen molar-refractivity contribution >= 4 is 20.2 Å². The van der Waals surface area contributed by atoms with E-state index in [1.807, 2.05) is 0 Å². The third-order valence-electron chi connectivity index (χ3n) is 2.39. The second-order valence-corrected chi connectivity index (χ2v) is 7.70. The fourth-order valence-corrected chi connectivity index (χ4v) is 3.89. The van der Waals surface area contributed by atoms with E-state index < -0.39 is 31.2 Å². The molecule has 0 aromatic rings. The van der Waals surface area contributed by atoms with Gasteiger partial charge in [0.2, 0.25) is 11.0 Å². The maximum absolute atomic E-state index is 13.3. The standard InChI is InChI=1S/C10H20F2O5S2/c1-3-5-7-9(11)18(13,14)17-19(15,16)10(12)8-6-4-2/h9-10H,3-8H2,1-2H3. The molecule has 0 amide bonds. The highest BCUT2D eigenvalue weighted by molar-refractivity contribution is 8.00. The first-order valence-electron chi connectivity index (χ1n) is 6.14. The largest absolute Gasteiger partial charge is 0.314 e. The summed E-state index contributed by atoms with van der Waals surface area (Å²) in [5.74, 6) is 0. The lowest BCUT2D eigenvalue weighted by Gasteiger charge is -2.12. The summed E-state index contributed by atoms with van der Waals surface area (Å²) in [4.78, 5) is 0. The van der Waals surface area contributed by atoms with Gasteiger partial charge in [-0.1, -0.05) is 26.7 Å². The van der Waals surface area contributed by atoms with Gasteiger partial charge in [-0.25, -0.2) is 8.78 Å². The van der Waals surface area contributed by atoms with Gasteiger partial charge >= 0.3 is 20.2 Å². The van der Waals surface area contributed by atoms with Crippen molar-refractivity contribution in [1.29, 1.82) is 0 Å². The molecule has 116 valence electrons. The summed E-state index contributed by atoms with van der Waals surface area (Å²) in [5.41, 5.74) is -4.92. The second kappa shape index (κ2) is 8.11. The molecule has 0 aliphatic rings. The number of hydrogen-bond acceptors (Lipinski definition) is 5. The highest BCUT2D eigenvalue weighted by Crippen LogP contribution is 2.21. The highest BCUT2D eigenvalue weighted by atomic mass is 32.3. The topological polar surface area (TPSA) is 77.5 Å². The Morgan fingerprint density at radius 3 is 1.42 bits per heavy atom. The highest BCUT2D eigenvalue weighted by Gasteiger charge is 2.36. The van der Waals surface area contributed by atoms with Gasteiger partial charge in [0.05, 0.1) is 0 Å². The van der Waals surface area contributed by atoms with Gasteiger partial charge < -0.3 is 0 Å². The van der Waals surface area contributed by atoms with Crippen molar-refractivity contribution in [1.82, 2.24) is 0 Å². The van der Waals surface area contributed by atoms with Crippen LogP contribution in [0.3, 0.4) is 0 Å². The van der Waals surface area contributed by atoms with Crippen LogP contribution in [0.25, 0.3) is 0 Å². The Hall–Kier alpha value is -0.280. The Morgan fingerprint density at radius 1 is 0.842 bits per heavy atom. The maximum Gasteiger partial charge on any atom is 0.314 e. The first kappa shape index (κ1) is 18.7. The normalized spacial score (nSPS) is 16.2. The Bertz CT molecular complexity index is 405. The van der Waals surface area contributed by atoms with Crippen LogP contribution in [0, 0.1) is 0 Å². The van der Waals surface area contributed by atoms with Crippen molar-refractivity contribution in [2.75, 3.05) is 0 Å². The minimum absolute atomic E-state index is 0.263. The molecule has 0 radical (unpaired) electrons. The smallest absolute Gasteiger partial charge is 0.227 e. The molecule has 9 heteroatoms. The molecule has 2 atom stereocenters. The Balaban J connectivity index is 4.72. The van der Waals surface area contributed by atoms with Gasteiger partial charge in [-0.2, -0.15) is 16.8 Å². The van der Waals surface area contributed by atoms with Gasteiger partial charge in [-0.15, -0.1) is 3.63 Å². The lowest BCUT2D eigenvalue weighted by atomic mass is 10.3. The minimum atomic E-state index is -4.95. The van der Waals surface area contributed by atoms with Crippen molar-refractivity contribution in [2.45, 2.75) is 63.4 Å². The lowest BCUT2D eigenvalue weighted by molar-refractivity contribution is 0.331. The van der Waals surface area contributed by atoms with Crippen molar-refractivity contribution in [3.8, 4) is 0 Å². The van der Waals surface area contributed by atoms with Crippen LogP contribution in [0.1, 0.15) is 52.4 Å². The van der Waals surface area contributed by atoms with Crippen LogP contribution in [-0.4, -0.2) is 27.8 Å². The first-order valence-corrected chi connectivity index (χ1v) is 9.08. The van der Waals surface area contributed by atoms with Gasteiger partial charge in [0, 0.05) is 0 Å². The van der Waals surface area contributed by atoms with Crippen LogP contribution in [0.5, 0.6) is 0 Å². The lowest BCUT2D eigenvalue weighted by Crippen LogP contribution is -2.27. The molecule has 0 aliphatic carbocycles. The summed E-state index contributed by atoms with van der Waals surface area (Å²) in [6.07, 6.45) is 0.869. The van der Waals surface area contributed by atoms with E-state index >= 15 is 0 Å². The molecule has 0 bridgehead atoms. The zero-order valence-corrected chi connectivity index (χ0v) is 12.6. The second-order valence-electron chi connectivity index (χ2n) is 4.16. The minimum Gasteiger partial charge on any atom is -0.227 e. The Labute approximate surface area is 113 Å². The van der Waals surface area contributed by atoms with E-state index in [0.29, 0.717) is 12.8 Å². The number of hydrogen-bond donors (Lipinski definition) is 0. The molecular formula is C10H20F2O5S2. The number of halogens is 2. The van der Waals surface area contributed by atoms with Crippen LogP contribution >= 0.6 is 0 Å². The molecule has 0 rings (SSSR count). The zero-order chi connectivity index (χ0) is 15.1. The predicted octanol–water partition coefficient (Wildman–Crippen LogP) is 2.63. The number of rotatable bonds is 10. The molecule has 2 unspecified atom stereocenters. The molecule has 0 N–H and O–H groups in total. The monoisotopic (exact) mass is 322 g/mol. The van der Waals surface area contributed by atoms with Crippen LogP contribution in [0.15, 0.2) is 0 Å². The fraction of sp³-hybridized carbons (Fsp3) is 1.00. The first-order chi connectivity index (χ1) is 8.67. The summed E-state index contributed by atoms with van der Waals surface area (Å²) >= 11 is 0. The third-order valence-corrected chi connectivity index (χ3v) is 5.63. The van der Waals surface area contributed by atoms with E-state index in [1.54, 1.807) is 13.8 Å². The molecule has 0 saturated carbocycles. The summed E-state index contributed by atoms with van der Waals surface area (Å²) in [7, 11) is -9.91. The molecule has 0 aromatic heterocycles. The van der Waals surface area contributed by atoms with E-state index in [0.717, 1.165) is 0 Å². The average Bonchev–Trinajstić information content (AvgIpc) is 2.31. The van der Waals surface area contributed by atoms with E-state index in [9.17, 15) is 25.6 Å². The van der Waals surface area contributed by atoms with Crippen molar-refractivity contribution < 1.29 is 29.2 Å². The molecule has 0 spiro atoms. The average molecular weight is 322 g/mol. The van der Waals surface area contributed by atoms with Crippen LogP contribution in [-0.2, 0) is 23.9 Å². The molecule has 19 heavy (non-hydrogen) atoms. The predicted molar refractivity (Wildman–Crippen MR) is 67.8 cm³/mol. The van der Waals surface area contributed by atoms with E-state index in [-0.39, 0.29) is 25.7 Å². The van der Waals surface area contributed by atoms with Crippen molar-refractivity contribution in [3.63, 3.8) is 0 Å². The molecular weight excluding hydrogens is 302 g/mol. The van der Waals surface area contributed by atoms with Gasteiger partial charge in [-0.05, 0) is 25.7 Å². The molecule has 5 nitrogen and oxygen atoms in total. The fourth-order valence-electron chi connectivity index (χ4n) is 1.24. The van der Waals surface area contributed by atoms with Crippen LogP contribution in [0.2, 0.25) is 0 Å². The Kier molecular flexibility index (Phi) is 7.99. The molecule has 0 aromatic carbocycles. The van der Waals surface area contributed by atoms with Gasteiger partial charge in [-0.3, -0.25) is 0 Å². The van der Waals surface area contributed by atoms with Gasteiger partial charge in [0.1, 0.15) is 0 Å². The van der Waals surface area contributed by atoms with Crippen LogP contribution in [0.4, 0.5) is 8.78 Å². The molecule has 0 saturated heterocycles.